The maximum absolute atomic E-state index is 13.3. The largest absolute Gasteiger partial charge is 0.348 e. The van der Waals surface area contributed by atoms with Crippen LogP contribution < -0.4 is 0 Å². The molecule has 0 saturated carbocycles. The highest BCUT2D eigenvalue weighted by atomic mass is 35.5. The van der Waals surface area contributed by atoms with Crippen LogP contribution in [0.15, 0.2) is 71.8 Å². The summed E-state index contributed by atoms with van der Waals surface area (Å²) in [6.07, 6.45) is 1.96. The molecule has 4 rings (SSSR count). The summed E-state index contributed by atoms with van der Waals surface area (Å²) in [6, 6.07) is 17.0. The van der Waals surface area contributed by atoms with Gasteiger partial charge in [-0.1, -0.05) is 47.5 Å². The van der Waals surface area contributed by atoms with Crippen molar-refractivity contribution in [1.82, 2.24) is 8.87 Å². The van der Waals surface area contributed by atoms with E-state index in [1.807, 2.05) is 18.3 Å². The smallest absolute Gasteiger partial charge is 0.244 e. The number of benzene rings is 2. The van der Waals surface area contributed by atoms with Crippen LogP contribution in [0.5, 0.6) is 0 Å². The molecule has 0 spiro atoms. The lowest BCUT2D eigenvalue weighted by atomic mass is 10.0. The fraction of sp³-hybridized carbons (Fsp3) is 0.158. The standard InChI is InChI=1S/C19H16Cl2N2O2S/c20-14-8-9-16(17(21)13-14)19-18-7-4-10-22(18)11-12-23(19)26(24,25)15-5-2-1-3-6-15/h1-10,13,19H,11-12H2/t19-/m0/s1. The highest BCUT2D eigenvalue weighted by Gasteiger charge is 2.38. The third-order valence-electron chi connectivity index (χ3n) is 4.60. The summed E-state index contributed by atoms with van der Waals surface area (Å²) < 4.78 is 30.2. The molecule has 4 nitrogen and oxygen atoms in total. The van der Waals surface area contributed by atoms with E-state index in [0.717, 1.165) is 11.3 Å². The second kappa shape index (κ2) is 6.74. The minimum atomic E-state index is -3.68. The summed E-state index contributed by atoms with van der Waals surface area (Å²) in [4.78, 5) is 0.273. The molecule has 2 aromatic carbocycles. The molecule has 26 heavy (non-hydrogen) atoms. The molecule has 0 bridgehead atoms. The molecule has 1 aromatic heterocycles. The van der Waals surface area contributed by atoms with Crippen LogP contribution in [-0.2, 0) is 16.6 Å². The van der Waals surface area contributed by atoms with E-state index >= 15 is 0 Å². The van der Waals surface area contributed by atoms with Crippen LogP contribution in [0.1, 0.15) is 17.3 Å². The number of halogens is 2. The average molecular weight is 407 g/mol. The Morgan fingerprint density at radius 1 is 0.923 bits per heavy atom. The van der Waals surface area contributed by atoms with Gasteiger partial charge in [-0.2, -0.15) is 4.31 Å². The molecule has 134 valence electrons. The third kappa shape index (κ3) is 2.95. The minimum absolute atomic E-state index is 0.273. The van der Waals surface area contributed by atoms with Crippen molar-refractivity contribution in [1.29, 1.82) is 0 Å². The lowest BCUT2D eigenvalue weighted by Gasteiger charge is -2.36. The second-order valence-electron chi connectivity index (χ2n) is 6.12. The van der Waals surface area contributed by atoms with E-state index in [1.54, 1.807) is 48.5 Å². The molecule has 0 N–H and O–H groups in total. The first kappa shape index (κ1) is 17.6. The van der Waals surface area contributed by atoms with Crippen molar-refractivity contribution >= 4 is 33.2 Å². The predicted octanol–water partition coefficient (Wildman–Crippen LogP) is 4.59. The monoisotopic (exact) mass is 406 g/mol. The van der Waals surface area contributed by atoms with Crippen LogP contribution in [0, 0.1) is 0 Å². The first-order valence-electron chi connectivity index (χ1n) is 8.15. The molecule has 3 aromatic rings. The summed E-state index contributed by atoms with van der Waals surface area (Å²) in [7, 11) is -3.68. The van der Waals surface area contributed by atoms with Gasteiger partial charge in [-0.3, -0.25) is 0 Å². The van der Waals surface area contributed by atoms with Crippen molar-refractivity contribution in [2.24, 2.45) is 0 Å². The summed E-state index contributed by atoms with van der Waals surface area (Å²) in [5.41, 5.74) is 1.61. The summed E-state index contributed by atoms with van der Waals surface area (Å²) in [5, 5.41) is 0.966. The SMILES string of the molecule is O=S(=O)(c1ccccc1)N1CCn2cccc2[C@@H]1c1ccc(Cl)cc1Cl. The van der Waals surface area contributed by atoms with E-state index < -0.39 is 16.1 Å². The molecule has 2 heterocycles. The number of nitrogens with zero attached hydrogens (tertiary/aromatic N) is 2. The highest BCUT2D eigenvalue weighted by Crippen LogP contribution is 2.39. The maximum atomic E-state index is 13.3. The Morgan fingerprint density at radius 2 is 1.69 bits per heavy atom. The molecule has 0 unspecified atom stereocenters. The molecule has 0 amide bonds. The van der Waals surface area contributed by atoms with Crippen LogP contribution in [0.3, 0.4) is 0 Å². The molecule has 1 aliphatic rings. The first-order valence-corrected chi connectivity index (χ1v) is 10.3. The first-order chi connectivity index (χ1) is 12.5. The number of aromatic nitrogens is 1. The zero-order valence-electron chi connectivity index (χ0n) is 13.7. The molecule has 0 radical (unpaired) electrons. The summed E-state index contributed by atoms with van der Waals surface area (Å²) in [6.45, 7) is 0.957. The van der Waals surface area contributed by atoms with E-state index in [2.05, 4.69) is 4.57 Å². The lowest BCUT2D eigenvalue weighted by Crippen LogP contribution is -2.42. The molecule has 1 aliphatic heterocycles. The quantitative estimate of drug-likeness (QED) is 0.638. The van der Waals surface area contributed by atoms with Crippen LogP contribution >= 0.6 is 23.2 Å². The van der Waals surface area contributed by atoms with Gasteiger partial charge in [0.2, 0.25) is 10.0 Å². The van der Waals surface area contributed by atoms with Gasteiger partial charge < -0.3 is 4.57 Å². The number of hydrogen-bond donors (Lipinski definition) is 0. The van der Waals surface area contributed by atoms with Gasteiger partial charge in [-0.25, -0.2) is 8.42 Å². The van der Waals surface area contributed by atoms with Gasteiger partial charge in [0.05, 0.1) is 10.9 Å². The van der Waals surface area contributed by atoms with Crippen LogP contribution in [0.4, 0.5) is 0 Å². The molecule has 0 fully saturated rings. The third-order valence-corrected chi connectivity index (χ3v) is 7.04. The van der Waals surface area contributed by atoms with Crippen LogP contribution in [-0.4, -0.2) is 23.8 Å². The van der Waals surface area contributed by atoms with E-state index in [9.17, 15) is 8.42 Å². The van der Waals surface area contributed by atoms with E-state index in [1.165, 1.54) is 4.31 Å². The predicted molar refractivity (Wildman–Crippen MR) is 103 cm³/mol. The molecular weight excluding hydrogens is 391 g/mol. The topological polar surface area (TPSA) is 42.3 Å². The number of rotatable bonds is 3. The molecule has 7 heteroatoms. The Labute approximate surface area is 162 Å². The normalized spacial score (nSPS) is 17.8. The van der Waals surface area contributed by atoms with Crippen molar-refractivity contribution in [3.05, 3.63) is 88.2 Å². The molecule has 0 saturated heterocycles. The van der Waals surface area contributed by atoms with Gasteiger partial charge in [-0.05, 0) is 42.0 Å². The second-order valence-corrected chi connectivity index (χ2v) is 8.86. The van der Waals surface area contributed by atoms with E-state index in [0.29, 0.717) is 23.1 Å². The Bertz CT molecular complexity index is 1050. The zero-order chi connectivity index (χ0) is 18.3. The minimum Gasteiger partial charge on any atom is -0.348 e. The van der Waals surface area contributed by atoms with Crippen molar-refractivity contribution < 1.29 is 8.42 Å². The molecule has 0 aliphatic carbocycles. The Morgan fingerprint density at radius 3 is 2.42 bits per heavy atom. The number of sulfonamides is 1. The molecule has 1 atom stereocenters. The van der Waals surface area contributed by atoms with Crippen LogP contribution in [0.2, 0.25) is 10.0 Å². The van der Waals surface area contributed by atoms with Crippen LogP contribution in [0.25, 0.3) is 0 Å². The fourth-order valence-electron chi connectivity index (χ4n) is 3.39. The lowest BCUT2D eigenvalue weighted by molar-refractivity contribution is 0.298. The average Bonchev–Trinajstić information content (AvgIpc) is 3.11. The van der Waals surface area contributed by atoms with Crippen molar-refractivity contribution in [3.8, 4) is 0 Å². The summed E-state index contributed by atoms with van der Waals surface area (Å²) in [5.74, 6) is 0. The fourth-order valence-corrected chi connectivity index (χ4v) is 5.49. The number of fused-ring (bicyclic) bond motifs is 1. The van der Waals surface area contributed by atoms with E-state index in [4.69, 9.17) is 23.2 Å². The van der Waals surface area contributed by atoms with Crippen molar-refractivity contribution in [3.63, 3.8) is 0 Å². The number of hydrogen-bond acceptors (Lipinski definition) is 2. The van der Waals surface area contributed by atoms with Gasteiger partial charge in [0.15, 0.2) is 0 Å². The van der Waals surface area contributed by atoms with Crippen molar-refractivity contribution in [2.75, 3.05) is 6.54 Å². The van der Waals surface area contributed by atoms with Gasteiger partial charge >= 0.3 is 0 Å². The summed E-state index contributed by atoms with van der Waals surface area (Å²) >= 11 is 12.5. The highest BCUT2D eigenvalue weighted by molar-refractivity contribution is 7.89. The maximum Gasteiger partial charge on any atom is 0.244 e. The Kier molecular flexibility index (Phi) is 4.57. The van der Waals surface area contributed by atoms with Gasteiger partial charge in [-0.15, -0.1) is 0 Å². The van der Waals surface area contributed by atoms with Crippen molar-refractivity contribution in [2.45, 2.75) is 17.5 Å². The van der Waals surface area contributed by atoms with Gasteiger partial charge in [0.25, 0.3) is 0 Å². The Balaban J connectivity index is 1.89. The van der Waals surface area contributed by atoms with Gasteiger partial charge in [0, 0.05) is 35.0 Å². The van der Waals surface area contributed by atoms with Gasteiger partial charge in [0.1, 0.15) is 0 Å². The Hall–Kier alpha value is -1.79. The molecular formula is C19H16Cl2N2O2S. The zero-order valence-corrected chi connectivity index (χ0v) is 16.0. The van der Waals surface area contributed by atoms with E-state index in [-0.39, 0.29) is 4.90 Å².